The molecule has 0 saturated carbocycles. The van der Waals surface area contributed by atoms with Crippen LogP contribution in [0.3, 0.4) is 0 Å². The monoisotopic (exact) mass is 391 g/mol. The number of carbonyl (C=O) groups excluding carboxylic acids is 1. The Hall–Kier alpha value is -4.68. The second kappa shape index (κ2) is 10.0. The van der Waals surface area contributed by atoms with E-state index in [2.05, 4.69) is 15.8 Å². The van der Waals surface area contributed by atoms with E-state index in [0.717, 1.165) is 0 Å². The zero-order valence-electron chi connectivity index (χ0n) is 15.9. The smallest absolute Gasteiger partial charge is 0.276 e. The van der Waals surface area contributed by atoms with E-state index in [0.29, 0.717) is 16.9 Å². The molecule has 3 aromatic carbocycles. The molecule has 0 fully saturated rings. The van der Waals surface area contributed by atoms with Gasteiger partial charge in [0.1, 0.15) is 17.7 Å². The zero-order chi connectivity index (χ0) is 21.2. The van der Waals surface area contributed by atoms with Gasteiger partial charge in [0.2, 0.25) is 0 Å². The predicted octanol–water partition coefficient (Wildman–Crippen LogP) is 4.59. The molecule has 0 atom stereocenters. The molecule has 6 heteroatoms. The van der Waals surface area contributed by atoms with E-state index in [1.54, 1.807) is 60.7 Å². The van der Waals surface area contributed by atoms with Gasteiger partial charge in [-0.2, -0.15) is 15.6 Å². The lowest BCUT2D eigenvalue weighted by molar-refractivity contribution is -0.110. The number of para-hydroxylation sites is 2. The summed E-state index contributed by atoms with van der Waals surface area (Å²) in [5.74, 6) is -0.550. The van der Waals surface area contributed by atoms with Crippen LogP contribution >= 0.6 is 0 Å². The number of anilines is 2. The van der Waals surface area contributed by atoms with Gasteiger partial charge in [-0.25, -0.2) is 0 Å². The van der Waals surface area contributed by atoms with Gasteiger partial charge < -0.3 is 5.32 Å². The third-order valence-electron chi connectivity index (χ3n) is 4.09. The highest BCUT2D eigenvalue weighted by Crippen LogP contribution is 2.22. The lowest BCUT2D eigenvalue weighted by Crippen LogP contribution is -2.26. The number of rotatable bonds is 6. The number of hydrogen-bond donors (Lipinski definition) is 2. The molecule has 3 aromatic rings. The van der Waals surface area contributed by atoms with Crippen molar-refractivity contribution in [2.45, 2.75) is 0 Å². The number of hydrogen-bond acceptors (Lipinski definition) is 5. The third-order valence-corrected chi connectivity index (χ3v) is 4.09. The fourth-order valence-corrected chi connectivity index (χ4v) is 2.71. The predicted molar refractivity (Wildman–Crippen MR) is 117 cm³/mol. The molecular formula is C24H17N5O. The number of carbonyl (C=O) groups is 1. The highest BCUT2D eigenvalue weighted by molar-refractivity contribution is 6.59. The molecular weight excluding hydrogens is 374 g/mol. The molecule has 1 amide bonds. The van der Waals surface area contributed by atoms with Crippen LogP contribution in [0.1, 0.15) is 5.56 Å². The van der Waals surface area contributed by atoms with Crippen LogP contribution in [0.4, 0.5) is 11.4 Å². The number of nitriles is 2. The summed E-state index contributed by atoms with van der Waals surface area (Å²) in [6, 6.07) is 30.5. The Morgan fingerprint density at radius 3 is 1.77 bits per heavy atom. The Labute approximate surface area is 174 Å². The van der Waals surface area contributed by atoms with Crippen molar-refractivity contribution in [3.63, 3.8) is 0 Å². The molecule has 0 spiro atoms. The molecule has 0 radical (unpaired) electrons. The third kappa shape index (κ3) is 4.98. The van der Waals surface area contributed by atoms with Gasteiger partial charge in [0.05, 0.1) is 5.69 Å². The second-order valence-corrected chi connectivity index (χ2v) is 6.10. The van der Waals surface area contributed by atoms with Gasteiger partial charge in [0.15, 0.2) is 5.71 Å². The second-order valence-electron chi connectivity index (χ2n) is 6.10. The van der Waals surface area contributed by atoms with Crippen LogP contribution in [0.2, 0.25) is 0 Å². The minimum absolute atomic E-state index is 0.0768. The Morgan fingerprint density at radius 1 is 0.733 bits per heavy atom. The number of nitrogens with one attached hydrogen (secondary N) is 2. The van der Waals surface area contributed by atoms with Gasteiger partial charge in [0, 0.05) is 11.3 Å². The molecule has 0 aliphatic carbocycles. The minimum Gasteiger partial charge on any atom is -0.321 e. The van der Waals surface area contributed by atoms with Crippen LogP contribution in [0.25, 0.3) is 5.57 Å². The van der Waals surface area contributed by atoms with E-state index in [1.807, 2.05) is 42.5 Å². The van der Waals surface area contributed by atoms with Crippen molar-refractivity contribution in [3.8, 4) is 12.1 Å². The maximum Gasteiger partial charge on any atom is 0.276 e. The van der Waals surface area contributed by atoms with Crippen LogP contribution in [0, 0.1) is 22.7 Å². The number of benzene rings is 3. The summed E-state index contributed by atoms with van der Waals surface area (Å²) in [5.41, 5.74) is 4.46. The summed E-state index contributed by atoms with van der Waals surface area (Å²) >= 11 is 0. The summed E-state index contributed by atoms with van der Waals surface area (Å²) in [6.45, 7) is 0. The summed E-state index contributed by atoms with van der Waals surface area (Å²) in [5, 5.41) is 26.1. The molecule has 3 rings (SSSR count). The first-order chi connectivity index (χ1) is 14.7. The fraction of sp³-hybridized carbons (Fsp3) is 0. The fourth-order valence-electron chi connectivity index (χ4n) is 2.71. The lowest BCUT2D eigenvalue weighted by Gasteiger charge is -2.13. The molecule has 30 heavy (non-hydrogen) atoms. The number of nitrogens with zero attached hydrogens (tertiary/aromatic N) is 3. The number of hydrazone groups is 1. The molecule has 0 heterocycles. The quantitative estimate of drug-likeness (QED) is 0.364. The van der Waals surface area contributed by atoms with Crippen molar-refractivity contribution in [1.82, 2.24) is 0 Å². The normalized spacial score (nSPS) is 10.3. The first-order valence-corrected chi connectivity index (χ1v) is 9.08. The van der Waals surface area contributed by atoms with E-state index in [9.17, 15) is 15.3 Å². The van der Waals surface area contributed by atoms with Crippen molar-refractivity contribution in [2.24, 2.45) is 5.10 Å². The SMILES string of the molecule is N#CC(C#N)=C(/C(=N/Nc1ccccc1)C(=O)Nc1ccccc1)c1ccccc1. The van der Waals surface area contributed by atoms with Gasteiger partial charge in [-0.15, -0.1) is 0 Å². The van der Waals surface area contributed by atoms with Crippen molar-refractivity contribution < 1.29 is 4.79 Å². The lowest BCUT2D eigenvalue weighted by atomic mass is 9.96. The molecule has 6 nitrogen and oxygen atoms in total. The first-order valence-electron chi connectivity index (χ1n) is 9.08. The van der Waals surface area contributed by atoms with Crippen LogP contribution in [-0.4, -0.2) is 11.6 Å². The highest BCUT2D eigenvalue weighted by Gasteiger charge is 2.23. The van der Waals surface area contributed by atoms with Gasteiger partial charge in [0.25, 0.3) is 5.91 Å². The van der Waals surface area contributed by atoms with E-state index in [-0.39, 0.29) is 16.9 Å². The Balaban J connectivity index is 2.11. The molecule has 0 aliphatic rings. The van der Waals surface area contributed by atoms with E-state index < -0.39 is 5.91 Å². The molecule has 0 bridgehead atoms. The maximum absolute atomic E-state index is 13.2. The Bertz CT molecular complexity index is 1140. The number of allylic oxidation sites excluding steroid dienone is 1. The van der Waals surface area contributed by atoms with Crippen LogP contribution < -0.4 is 10.7 Å². The van der Waals surface area contributed by atoms with E-state index in [4.69, 9.17) is 0 Å². The van der Waals surface area contributed by atoms with Crippen molar-refractivity contribution >= 4 is 28.6 Å². The van der Waals surface area contributed by atoms with Crippen LogP contribution in [0.15, 0.2) is 102 Å². The molecule has 144 valence electrons. The van der Waals surface area contributed by atoms with E-state index in [1.165, 1.54) is 0 Å². The molecule has 0 saturated heterocycles. The largest absolute Gasteiger partial charge is 0.321 e. The summed E-state index contributed by atoms with van der Waals surface area (Å²) < 4.78 is 0. The first kappa shape index (κ1) is 20.1. The molecule has 0 aromatic heterocycles. The van der Waals surface area contributed by atoms with Crippen molar-refractivity contribution in [3.05, 3.63) is 102 Å². The Kier molecular flexibility index (Phi) is 6.71. The topological polar surface area (TPSA) is 101 Å². The standard InChI is InChI=1S/C24H17N5O/c25-16-19(17-26)22(18-10-4-1-5-11-18)23(29-28-21-14-8-3-9-15-21)24(30)27-20-12-6-2-7-13-20/h1-15,28H,(H,27,30)/b29-23-. The van der Waals surface area contributed by atoms with Crippen molar-refractivity contribution in [2.75, 3.05) is 10.7 Å². The zero-order valence-corrected chi connectivity index (χ0v) is 15.9. The van der Waals surface area contributed by atoms with Gasteiger partial charge in [-0.05, 0) is 29.8 Å². The average Bonchev–Trinajstić information content (AvgIpc) is 2.80. The average molecular weight is 391 g/mol. The van der Waals surface area contributed by atoms with Gasteiger partial charge in [-0.1, -0.05) is 66.7 Å². The summed E-state index contributed by atoms with van der Waals surface area (Å²) in [7, 11) is 0. The van der Waals surface area contributed by atoms with Crippen LogP contribution in [0.5, 0.6) is 0 Å². The summed E-state index contributed by atoms with van der Waals surface area (Å²) in [4.78, 5) is 13.2. The van der Waals surface area contributed by atoms with Crippen molar-refractivity contribution in [1.29, 1.82) is 10.5 Å². The highest BCUT2D eigenvalue weighted by atomic mass is 16.2. The molecule has 2 N–H and O–H groups in total. The Morgan fingerprint density at radius 2 is 1.23 bits per heavy atom. The van der Waals surface area contributed by atoms with E-state index >= 15 is 0 Å². The number of amides is 1. The summed E-state index contributed by atoms with van der Waals surface area (Å²) in [6.07, 6.45) is 0. The van der Waals surface area contributed by atoms with Crippen LogP contribution in [-0.2, 0) is 4.79 Å². The van der Waals surface area contributed by atoms with Gasteiger partial charge >= 0.3 is 0 Å². The molecule has 0 unspecified atom stereocenters. The minimum atomic E-state index is -0.550. The molecule has 0 aliphatic heterocycles. The maximum atomic E-state index is 13.2. The van der Waals surface area contributed by atoms with Gasteiger partial charge in [-0.3, -0.25) is 10.2 Å².